The highest BCUT2D eigenvalue weighted by molar-refractivity contribution is 9.10. The van der Waals surface area contributed by atoms with Gasteiger partial charge < -0.3 is 13.9 Å². The fourth-order valence-corrected chi connectivity index (χ4v) is 3.87. The Morgan fingerprint density at radius 2 is 2.00 bits per heavy atom. The molecule has 1 heterocycles. The summed E-state index contributed by atoms with van der Waals surface area (Å²) in [6.07, 6.45) is 1.53. The molecule has 0 aliphatic carbocycles. The first-order chi connectivity index (χ1) is 14.6. The minimum Gasteiger partial charge on any atom is -0.492 e. The third kappa shape index (κ3) is 3.89. The third-order valence-corrected chi connectivity index (χ3v) is 5.15. The molecule has 30 heavy (non-hydrogen) atoms. The fourth-order valence-electron chi connectivity index (χ4n) is 3.25. The summed E-state index contributed by atoms with van der Waals surface area (Å²) in [6.45, 7) is 2.39. The summed E-state index contributed by atoms with van der Waals surface area (Å²) < 4.78 is 17.4. The highest BCUT2D eigenvalue weighted by Crippen LogP contribution is 2.36. The topological polar surface area (TPSA) is 73.1 Å². The van der Waals surface area contributed by atoms with Crippen molar-refractivity contribution in [2.24, 2.45) is 5.10 Å². The first kappa shape index (κ1) is 20.0. The lowest BCUT2D eigenvalue weighted by molar-refractivity contribution is 0.0929. The first-order valence-electron chi connectivity index (χ1n) is 9.35. The van der Waals surface area contributed by atoms with Crippen LogP contribution in [0.3, 0.4) is 0 Å². The lowest BCUT2D eigenvalue weighted by Gasteiger charge is -2.11. The second-order valence-electron chi connectivity index (χ2n) is 6.48. The summed E-state index contributed by atoms with van der Waals surface area (Å²) in [5.74, 6) is 0.965. The van der Waals surface area contributed by atoms with E-state index in [-0.39, 0.29) is 5.76 Å². The van der Waals surface area contributed by atoms with Gasteiger partial charge in [0.1, 0.15) is 5.58 Å². The molecule has 152 valence electrons. The molecule has 6 nitrogen and oxygen atoms in total. The van der Waals surface area contributed by atoms with E-state index < -0.39 is 5.91 Å². The van der Waals surface area contributed by atoms with E-state index in [1.54, 1.807) is 19.2 Å². The first-order valence-corrected chi connectivity index (χ1v) is 10.1. The number of furan rings is 1. The molecule has 1 N–H and O–H groups in total. The molecular weight excluding hydrogens is 448 g/mol. The van der Waals surface area contributed by atoms with E-state index in [0.29, 0.717) is 23.7 Å². The number of hydrazone groups is 1. The molecule has 4 rings (SSSR count). The SMILES string of the molecule is CCOc1cc(/C=N/NC(=O)c2cc3c(ccc4ccccc43)o2)cc(Br)c1OC. The van der Waals surface area contributed by atoms with Crippen molar-refractivity contribution in [3.05, 3.63) is 70.4 Å². The van der Waals surface area contributed by atoms with E-state index in [2.05, 4.69) is 26.5 Å². The molecule has 0 aliphatic heterocycles. The number of ether oxygens (including phenoxy) is 2. The lowest BCUT2D eigenvalue weighted by atomic mass is 10.1. The molecule has 0 saturated carbocycles. The smallest absolute Gasteiger partial charge is 0.307 e. The average molecular weight is 467 g/mol. The number of carbonyl (C=O) groups excluding carboxylic acids is 1. The summed E-state index contributed by atoms with van der Waals surface area (Å²) in [4.78, 5) is 12.5. The minimum atomic E-state index is -0.427. The number of benzene rings is 3. The van der Waals surface area contributed by atoms with Gasteiger partial charge in [-0.05, 0) is 63.5 Å². The normalized spacial score (nSPS) is 11.3. The van der Waals surface area contributed by atoms with E-state index in [9.17, 15) is 4.79 Å². The molecule has 0 bridgehead atoms. The number of nitrogens with zero attached hydrogens (tertiary/aromatic N) is 1. The number of fused-ring (bicyclic) bond motifs is 3. The largest absolute Gasteiger partial charge is 0.492 e. The van der Waals surface area contributed by atoms with Crippen LogP contribution in [0.2, 0.25) is 0 Å². The Kier molecular flexibility index (Phi) is 5.72. The van der Waals surface area contributed by atoms with Crippen LogP contribution in [0, 0.1) is 0 Å². The molecule has 0 radical (unpaired) electrons. The van der Waals surface area contributed by atoms with Gasteiger partial charge >= 0.3 is 5.91 Å². The van der Waals surface area contributed by atoms with Crippen molar-refractivity contribution in [3.63, 3.8) is 0 Å². The van der Waals surface area contributed by atoms with Gasteiger partial charge in [-0.2, -0.15) is 5.10 Å². The second kappa shape index (κ2) is 8.59. The van der Waals surface area contributed by atoms with Gasteiger partial charge in [-0.1, -0.05) is 30.3 Å². The predicted molar refractivity (Wildman–Crippen MR) is 121 cm³/mol. The van der Waals surface area contributed by atoms with Crippen LogP contribution >= 0.6 is 15.9 Å². The summed E-state index contributed by atoms with van der Waals surface area (Å²) in [7, 11) is 1.58. The Labute approximate surface area is 181 Å². The molecule has 1 aromatic heterocycles. The summed E-state index contributed by atoms with van der Waals surface area (Å²) in [5, 5.41) is 7.06. The summed E-state index contributed by atoms with van der Waals surface area (Å²) >= 11 is 3.46. The van der Waals surface area contributed by atoms with Crippen molar-refractivity contribution in [1.29, 1.82) is 0 Å². The summed E-state index contributed by atoms with van der Waals surface area (Å²) in [5.41, 5.74) is 3.90. The molecule has 0 saturated heterocycles. The summed E-state index contributed by atoms with van der Waals surface area (Å²) in [6, 6.07) is 17.1. The number of hydrogen-bond donors (Lipinski definition) is 1. The van der Waals surface area contributed by atoms with Crippen LogP contribution in [-0.4, -0.2) is 25.8 Å². The number of halogens is 1. The van der Waals surface area contributed by atoms with Gasteiger partial charge in [-0.25, -0.2) is 5.43 Å². The number of rotatable bonds is 6. The molecule has 0 unspecified atom stereocenters. The van der Waals surface area contributed by atoms with Gasteiger partial charge in [0, 0.05) is 5.39 Å². The van der Waals surface area contributed by atoms with Crippen LogP contribution in [0.4, 0.5) is 0 Å². The van der Waals surface area contributed by atoms with Gasteiger partial charge in [0.25, 0.3) is 0 Å². The van der Waals surface area contributed by atoms with E-state index in [1.807, 2.05) is 49.4 Å². The van der Waals surface area contributed by atoms with Crippen molar-refractivity contribution in [2.75, 3.05) is 13.7 Å². The predicted octanol–water partition coefficient (Wildman–Crippen LogP) is 5.52. The van der Waals surface area contributed by atoms with Crippen LogP contribution in [0.1, 0.15) is 23.0 Å². The molecule has 4 aromatic rings. The molecule has 0 atom stereocenters. The highest BCUT2D eigenvalue weighted by atomic mass is 79.9. The Hall–Kier alpha value is -3.32. The van der Waals surface area contributed by atoms with Crippen molar-refractivity contribution in [2.45, 2.75) is 6.92 Å². The standard InChI is InChI=1S/C23H19BrN2O4/c1-3-29-20-11-14(10-18(24)22(20)28-2)13-25-26-23(27)21-12-17-16-7-5-4-6-15(16)8-9-19(17)30-21/h4-13H,3H2,1-2H3,(H,26,27)/b25-13+. The van der Waals surface area contributed by atoms with Crippen molar-refractivity contribution in [1.82, 2.24) is 5.43 Å². The zero-order valence-electron chi connectivity index (χ0n) is 16.4. The maximum Gasteiger partial charge on any atom is 0.307 e. The van der Waals surface area contributed by atoms with Gasteiger partial charge in [0.15, 0.2) is 17.3 Å². The minimum absolute atomic E-state index is 0.199. The molecule has 3 aromatic carbocycles. The van der Waals surface area contributed by atoms with Crippen molar-refractivity contribution in [3.8, 4) is 11.5 Å². The molecule has 7 heteroatoms. The van der Waals surface area contributed by atoms with Crippen LogP contribution in [0.5, 0.6) is 11.5 Å². The quantitative estimate of drug-likeness (QED) is 0.300. The van der Waals surface area contributed by atoms with E-state index >= 15 is 0 Å². The Morgan fingerprint density at radius 3 is 2.80 bits per heavy atom. The van der Waals surface area contributed by atoms with E-state index in [0.717, 1.165) is 26.2 Å². The zero-order valence-corrected chi connectivity index (χ0v) is 18.0. The number of carbonyl (C=O) groups is 1. The zero-order chi connectivity index (χ0) is 21.1. The van der Waals surface area contributed by atoms with Crippen LogP contribution < -0.4 is 14.9 Å². The Morgan fingerprint density at radius 1 is 1.17 bits per heavy atom. The average Bonchev–Trinajstić information content (AvgIpc) is 3.19. The van der Waals surface area contributed by atoms with Gasteiger partial charge in [0.2, 0.25) is 0 Å². The van der Waals surface area contributed by atoms with Gasteiger partial charge in [-0.3, -0.25) is 4.79 Å². The van der Waals surface area contributed by atoms with E-state index in [4.69, 9.17) is 13.9 Å². The maximum absolute atomic E-state index is 12.5. The van der Waals surface area contributed by atoms with Gasteiger partial charge in [-0.15, -0.1) is 0 Å². The highest BCUT2D eigenvalue weighted by Gasteiger charge is 2.14. The molecule has 0 spiro atoms. The molecular formula is C23H19BrN2O4. The Bertz CT molecular complexity index is 1260. The van der Waals surface area contributed by atoms with Crippen molar-refractivity contribution >= 4 is 49.8 Å². The number of methoxy groups -OCH3 is 1. The van der Waals surface area contributed by atoms with Crippen LogP contribution in [0.15, 0.2) is 68.6 Å². The van der Waals surface area contributed by atoms with Crippen LogP contribution in [-0.2, 0) is 0 Å². The maximum atomic E-state index is 12.5. The Balaban J connectivity index is 1.55. The van der Waals surface area contributed by atoms with Gasteiger partial charge in [0.05, 0.1) is 24.4 Å². The monoisotopic (exact) mass is 466 g/mol. The van der Waals surface area contributed by atoms with E-state index in [1.165, 1.54) is 6.21 Å². The second-order valence-corrected chi connectivity index (χ2v) is 7.33. The molecule has 0 aliphatic rings. The number of nitrogens with one attached hydrogen (secondary N) is 1. The molecule has 0 fully saturated rings. The number of amides is 1. The number of hydrogen-bond acceptors (Lipinski definition) is 5. The fraction of sp³-hybridized carbons (Fsp3) is 0.130. The van der Waals surface area contributed by atoms with Crippen LogP contribution in [0.25, 0.3) is 21.7 Å². The van der Waals surface area contributed by atoms with Crippen molar-refractivity contribution < 1.29 is 18.7 Å². The third-order valence-electron chi connectivity index (χ3n) is 4.57. The lowest BCUT2D eigenvalue weighted by Crippen LogP contribution is -2.16. The molecule has 1 amide bonds.